The zero-order valence-electron chi connectivity index (χ0n) is 11.7. The van der Waals surface area contributed by atoms with Crippen LogP contribution in [-0.2, 0) is 16.0 Å². The first-order valence-corrected chi connectivity index (χ1v) is 6.21. The Kier molecular flexibility index (Phi) is 4.12. The zero-order chi connectivity index (χ0) is 14.7. The fraction of sp³-hybridized carbons (Fsp3) is 0.429. The molecule has 1 aliphatic heterocycles. The number of hydrogen-bond donors (Lipinski definition) is 1. The number of carbonyl (C=O) groups is 2. The summed E-state index contributed by atoms with van der Waals surface area (Å²) in [5.41, 5.74) is 0.806. The minimum Gasteiger partial charge on any atom is -0.496 e. The minimum atomic E-state index is -0.366. The first-order valence-electron chi connectivity index (χ1n) is 6.21. The van der Waals surface area contributed by atoms with Crippen LogP contribution < -0.4 is 19.5 Å². The number of rotatable bonds is 5. The molecule has 108 valence electrons. The molecule has 2 rings (SSSR count). The van der Waals surface area contributed by atoms with Gasteiger partial charge in [-0.1, -0.05) is 0 Å². The van der Waals surface area contributed by atoms with Crippen LogP contribution in [0.4, 0.5) is 0 Å². The Morgan fingerprint density at radius 3 is 2.15 bits per heavy atom. The quantitative estimate of drug-likeness (QED) is 0.811. The van der Waals surface area contributed by atoms with Crippen LogP contribution in [0.5, 0.6) is 17.2 Å². The molecular weight excluding hydrogens is 262 g/mol. The van der Waals surface area contributed by atoms with Crippen molar-refractivity contribution in [3.05, 3.63) is 17.7 Å². The predicted octanol–water partition coefficient (Wildman–Crippen LogP) is 0.918. The maximum atomic E-state index is 11.6. The normalized spacial score (nSPS) is 17.9. The van der Waals surface area contributed by atoms with Crippen LogP contribution in [0.2, 0.25) is 0 Å². The molecule has 6 nitrogen and oxygen atoms in total. The number of ether oxygens (including phenoxy) is 3. The average molecular weight is 279 g/mol. The van der Waals surface area contributed by atoms with E-state index in [2.05, 4.69) is 5.32 Å². The summed E-state index contributed by atoms with van der Waals surface area (Å²) in [6, 6.07) is 3.48. The number of amides is 2. The second-order valence-electron chi connectivity index (χ2n) is 4.54. The highest BCUT2D eigenvalue weighted by molar-refractivity contribution is 6.03. The van der Waals surface area contributed by atoms with Gasteiger partial charge in [0.1, 0.15) is 5.75 Å². The van der Waals surface area contributed by atoms with Gasteiger partial charge in [-0.25, -0.2) is 0 Å². The van der Waals surface area contributed by atoms with Gasteiger partial charge in [0, 0.05) is 12.5 Å². The van der Waals surface area contributed by atoms with Gasteiger partial charge >= 0.3 is 0 Å². The third-order valence-corrected chi connectivity index (χ3v) is 3.32. The van der Waals surface area contributed by atoms with Gasteiger partial charge in [0.2, 0.25) is 11.8 Å². The molecule has 0 saturated carbocycles. The Balaban J connectivity index is 2.30. The van der Waals surface area contributed by atoms with Crippen molar-refractivity contribution in [1.29, 1.82) is 0 Å². The Labute approximate surface area is 117 Å². The van der Waals surface area contributed by atoms with Gasteiger partial charge in [-0.15, -0.1) is 0 Å². The van der Waals surface area contributed by atoms with Gasteiger partial charge in [-0.05, 0) is 18.1 Å². The van der Waals surface area contributed by atoms with E-state index in [1.165, 1.54) is 0 Å². The highest BCUT2D eigenvalue weighted by Crippen LogP contribution is 2.36. The summed E-state index contributed by atoms with van der Waals surface area (Å²) in [6.45, 7) is 0. The lowest BCUT2D eigenvalue weighted by atomic mass is 9.97. The average Bonchev–Trinajstić information content (AvgIpc) is 2.76. The van der Waals surface area contributed by atoms with Gasteiger partial charge in [0.15, 0.2) is 11.5 Å². The van der Waals surface area contributed by atoms with Crippen molar-refractivity contribution in [2.45, 2.75) is 12.8 Å². The second-order valence-corrected chi connectivity index (χ2v) is 4.54. The lowest BCUT2D eigenvalue weighted by Crippen LogP contribution is -2.23. The van der Waals surface area contributed by atoms with E-state index in [1.54, 1.807) is 33.5 Å². The molecule has 6 heteroatoms. The molecular formula is C14H17NO5. The topological polar surface area (TPSA) is 73.9 Å². The highest BCUT2D eigenvalue weighted by atomic mass is 16.5. The van der Waals surface area contributed by atoms with E-state index >= 15 is 0 Å². The largest absolute Gasteiger partial charge is 0.496 e. The smallest absolute Gasteiger partial charge is 0.230 e. The molecule has 1 aromatic carbocycles. The van der Waals surface area contributed by atoms with Crippen LogP contribution in [0.25, 0.3) is 0 Å². The summed E-state index contributed by atoms with van der Waals surface area (Å²) in [6.07, 6.45) is 0.622. The maximum absolute atomic E-state index is 11.6. The minimum absolute atomic E-state index is 0.205. The number of methoxy groups -OCH3 is 3. The van der Waals surface area contributed by atoms with E-state index < -0.39 is 0 Å². The Morgan fingerprint density at radius 2 is 1.65 bits per heavy atom. The molecule has 0 spiro atoms. The second kappa shape index (κ2) is 5.81. The van der Waals surface area contributed by atoms with Crippen LogP contribution in [0.3, 0.4) is 0 Å². The van der Waals surface area contributed by atoms with E-state index in [1.807, 2.05) is 0 Å². The molecule has 1 heterocycles. The van der Waals surface area contributed by atoms with Crippen molar-refractivity contribution >= 4 is 11.8 Å². The first-order chi connectivity index (χ1) is 9.58. The molecule has 1 aromatic rings. The summed E-state index contributed by atoms with van der Waals surface area (Å²) >= 11 is 0. The molecule has 1 fully saturated rings. The Morgan fingerprint density at radius 1 is 1.05 bits per heavy atom. The number of carbonyl (C=O) groups excluding carboxylic acids is 2. The van der Waals surface area contributed by atoms with Gasteiger partial charge in [-0.3, -0.25) is 14.9 Å². The lowest BCUT2D eigenvalue weighted by molar-refractivity contribution is -0.125. The molecule has 1 unspecified atom stereocenters. The lowest BCUT2D eigenvalue weighted by Gasteiger charge is -2.15. The van der Waals surface area contributed by atoms with Crippen molar-refractivity contribution in [3.8, 4) is 17.2 Å². The zero-order valence-corrected chi connectivity index (χ0v) is 11.7. The number of benzene rings is 1. The van der Waals surface area contributed by atoms with E-state index in [0.29, 0.717) is 23.7 Å². The van der Waals surface area contributed by atoms with Gasteiger partial charge in [0.05, 0.1) is 27.2 Å². The van der Waals surface area contributed by atoms with Crippen LogP contribution in [-0.4, -0.2) is 33.1 Å². The third kappa shape index (κ3) is 2.68. The molecule has 0 aromatic heterocycles. The van der Waals surface area contributed by atoms with Gasteiger partial charge in [-0.2, -0.15) is 0 Å². The predicted molar refractivity (Wildman–Crippen MR) is 71.1 cm³/mol. The molecule has 0 aliphatic carbocycles. The van der Waals surface area contributed by atoms with Crippen LogP contribution >= 0.6 is 0 Å². The monoisotopic (exact) mass is 279 g/mol. The molecule has 1 saturated heterocycles. The Hall–Kier alpha value is -2.24. The fourth-order valence-corrected chi connectivity index (χ4v) is 2.29. The van der Waals surface area contributed by atoms with E-state index in [9.17, 15) is 9.59 Å². The summed E-state index contributed by atoms with van der Waals surface area (Å²) in [4.78, 5) is 22.9. The standard InChI is InChI=1S/C14H17NO5/c1-18-10-7-12(20-3)11(19-2)5-8(10)4-9-6-13(16)15-14(9)17/h5,7,9H,4,6H2,1-3H3,(H,15,16,17). The van der Waals surface area contributed by atoms with Crippen LogP contribution in [0.1, 0.15) is 12.0 Å². The van der Waals surface area contributed by atoms with Crippen molar-refractivity contribution < 1.29 is 23.8 Å². The maximum Gasteiger partial charge on any atom is 0.230 e. The van der Waals surface area contributed by atoms with E-state index in [4.69, 9.17) is 14.2 Å². The van der Waals surface area contributed by atoms with Crippen LogP contribution in [0.15, 0.2) is 12.1 Å². The molecule has 0 bridgehead atoms. The molecule has 2 amide bonds. The van der Waals surface area contributed by atoms with Gasteiger partial charge < -0.3 is 14.2 Å². The summed E-state index contributed by atoms with van der Waals surface area (Å²) in [5, 5.41) is 2.30. The third-order valence-electron chi connectivity index (χ3n) is 3.32. The van der Waals surface area contributed by atoms with Crippen molar-refractivity contribution in [2.75, 3.05) is 21.3 Å². The van der Waals surface area contributed by atoms with Crippen molar-refractivity contribution in [2.24, 2.45) is 5.92 Å². The van der Waals surface area contributed by atoms with E-state index in [-0.39, 0.29) is 24.2 Å². The first kappa shape index (κ1) is 14.2. The molecule has 1 N–H and O–H groups in total. The number of nitrogens with one attached hydrogen (secondary N) is 1. The molecule has 1 atom stereocenters. The number of hydrogen-bond acceptors (Lipinski definition) is 5. The number of imide groups is 1. The fourth-order valence-electron chi connectivity index (χ4n) is 2.29. The summed E-state index contributed by atoms with van der Waals surface area (Å²) in [7, 11) is 4.63. The van der Waals surface area contributed by atoms with Crippen molar-refractivity contribution in [1.82, 2.24) is 5.32 Å². The van der Waals surface area contributed by atoms with E-state index in [0.717, 1.165) is 5.56 Å². The van der Waals surface area contributed by atoms with Gasteiger partial charge in [0.25, 0.3) is 0 Å². The molecule has 0 radical (unpaired) electrons. The summed E-state index contributed by atoms with van der Waals surface area (Å²) in [5.74, 6) is 0.878. The summed E-state index contributed by atoms with van der Waals surface area (Å²) < 4.78 is 15.8. The highest BCUT2D eigenvalue weighted by Gasteiger charge is 2.31. The SMILES string of the molecule is COc1cc(OC)c(OC)cc1CC1CC(=O)NC1=O. The Bertz CT molecular complexity index is 541. The van der Waals surface area contributed by atoms with Crippen molar-refractivity contribution in [3.63, 3.8) is 0 Å². The molecule has 20 heavy (non-hydrogen) atoms. The van der Waals surface area contributed by atoms with Crippen LogP contribution in [0, 0.1) is 5.92 Å². The molecule has 1 aliphatic rings.